The van der Waals surface area contributed by atoms with Gasteiger partial charge in [-0.15, -0.1) is 11.3 Å². The Kier molecular flexibility index (Phi) is 5.66. The number of hydrogen-bond acceptors (Lipinski definition) is 4. The van der Waals surface area contributed by atoms with Gasteiger partial charge in [-0.05, 0) is 50.8 Å². The highest BCUT2D eigenvalue weighted by atomic mass is 32.1. The van der Waals surface area contributed by atoms with E-state index in [9.17, 15) is 18.0 Å². The van der Waals surface area contributed by atoms with Crippen LogP contribution in [0.2, 0.25) is 0 Å². The molecule has 0 aliphatic carbocycles. The Hall–Kier alpha value is -1.93. The zero-order valence-corrected chi connectivity index (χ0v) is 17.9. The van der Waals surface area contributed by atoms with Crippen LogP contribution in [-0.2, 0) is 17.5 Å². The number of alkyl halides is 3. The first-order valence-electron chi connectivity index (χ1n) is 10.3. The van der Waals surface area contributed by atoms with Crippen molar-refractivity contribution < 1.29 is 18.0 Å². The first kappa shape index (κ1) is 21.3. The number of nitrogens with one attached hydrogen (secondary N) is 1. The van der Waals surface area contributed by atoms with E-state index >= 15 is 0 Å². The van der Waals surface area contributed by atoms with Crippen molar-refractivity contribution in [3.63, 3.8) is 0 Å². The van der Waals surface area contributed by atoms with E-state index in [2.05, 4.69) is 15.2 Å². The van der Waals surface area contributed by atoms with Crippen LogP contribution in [0.1, 0.15) is 66.9 Å². The minimum absolute atomic E-state index is 0.0244. The molecule has 0 saturated carbocycles. The Labute approximate surface area is 178 Å². The number of nitrogens with zero attached hydrogens (tertiary/aromatic N) is 2. The average Bonchev–Trinajstić information content (AvgIpc) is 3.18. The van der Waals surface area contributed by atoms with E-state index in [0.29, 0.717) is 24.9 Å². The van der Waals surface area contributed by atoms with Crippen molar-refractivity contribution in [3.05, 3.63) is 51.5 Å². The molecule has 162 valence electrons. The van der Waals surface area contributed by atoms with Gasteiger partial charge in [0.1, 0.15) is 0 Å². The van der Waals surface area contributed by atoms with Gasteiger partial charge < -0.3 is 5.32 Å². The Bertz CT molecular complexity index is 928. The minimum Gasteiger partial charge on any atom is -0.349 e. The molecule has 1 amide bonds. The van der Waals surface area contributed by atoms with Crippen molar-refractivity contribution in [3.8, 4) is 0 Å². The fourth-order valence-electron chi connectivity index (χ4n) is 4.98. The SMILES string of the molecule is Cc1nc(CN2[C@H]3CCCCC(=O)N[C@@]3(C)C[C@H]2c2cccc(C(F)(F)F)c2)cs1. The average molecular weight is 438 g/mol. The number of aromatic nitrogens is 1. The van der Waals surface area contributed by atoms with Crippen LogP contribution in [0, 0.1) is 6.92 Å². The van der Waals surface area contributed by atoms with Crippen molar-refractivity contribution >= 4 is 17.2 Å². The normalized spacial score (nSPS) is 28.0. The second-order valence-corrected chi connectivity index (χ2v) is 9.66. The van der Waals surface area contributed by atoms with Gasteiger partial charge in [0, 0.05) is 30.4 Å². The van der Waals surface area contributed by atoms with Crippen molar-refractivity contribution in [1.82, 2.24) is 15.2 Å². The lowest BCUT2D eigenvalue weighted by molar-refractivity contribution is -0.137. The molecule has 0 unspecified atom stereocenters. The molecular weight excluding hydrogens is 411 g/mol. The number of halogens is 3. The fourth-order valence-corrected chi connectivity index (χ4v) is 5.58. The van der Waals surface area contributed by atoms with E-state index in [1.807, 2.05) is 19.2 Å². The van der Waals surface area contributed by atoms with Crippen LogP contribution in [-0.4, -0.2) is 27.4 Å². The number of benzene rings is 1. The molecular formula is C22H26F3N3OS. The Morgan fingerprint density at radius 2 is 2.13 bits per heavy atom. The largest absolute Gasteiger partial charge is 0.416 e. The zero-order chi connectivity index (χ0) is 21.5. The summed E-state index contributed by atoms with van der Waals surface area (Å²) in [5.41, 5.74) is 0.440. The maximum absolute atomic E-state index is 13.4. The van der Waals surface area contributed by atoms with Gasteiger partial charge in [0.15, 0.2) is 0 Å². The quantitative estimate of drug-likeness (QED) is 0.715. The van der Waals surface area contributed by atoms with Crippen LogP contribution in [0.15, 0.2) is 29.6 Å². The van der Waals surface area contributed by atoms with Crippen LogP contribution < -0.4 is 5.32 Å². The summed E-state index contributed by atoms with van der Waals surface area (Å²) in [6, 6.07) is 5.44. The smallest absolute Gasteiger partial charge is 0.349 e. The molecule has 2 fully saturated rings. The van der Waals surface area contributed by atoms with Crippen molar-refractivity contribution in [2.75, 3.05) is 0 Å². The monoisotopic (exact) mass is 437 g/mol. The van der Waals surface area contributed by atoms with Gasteiger partial charge in [0.25, 0.3) is 0 Å². The zero-order valence-electron chi connectivity index (χ0n) is 17.1. The van der Waals surface area contributed by atoms with Gasteiger partial charge in [0.2, 0.25) is 5.91 Å². The van der Waals surface area contributed by atoms with E-state index in [1.54, 1.807) is 17.4 Å². The van der Waals surface area contributed by atoms with Crippen LogP contribution in [0.4, 0.5) is 13.2 Å². The number of carbonyl (C=O) groups is 1. The fraction of sp³-hybridized carbons (Fsp3) is 0.545. The number of fused-ring (bicyclic) bond motifs is 1. The molecule has 2 aromatic rings. The molecule has 2 saturated heterocycles. The van der Waals surface area contributed by atoms with Gasteiger partial charge in [-0.2, -0.15) is 13.2 Å². The molecule has 1 aromatic carbocycles. The number of aryl methyl sites for hydroxylation is 1. The number of amides is 1. The Balaban J connectivity index is 1.73. The van der Waals surface area contributed by atoms with Crippen LogP contribution in [0.25, 0.3) is 0 Å². The maximum atomic E-state index is 13.4. The molecule has 3 atom stereocenters. The number of hydrogen-bond donors (Lipinski definition) is 1. The predicted molar refractivity (Wildman–Crippen MR) is 110 cm³/mol. The molecule has 2 aliphatic heterocycles. The summed E-state index contributed by atoms with van der Waals surface area (Å²) in [6.45, 7) is 4.54. The van der Waals surface area contributed by atoms with E-state index in [-0.39, 0.29) is 18.0 Å². The maximum Gasteiger partial charge on any atom is 0.416 e. The third kappa shape index (κ3) is 4.25. The highest BCUT2D eigenvalue weighted by Gasteiger charge is 2.50. The lowest BCUT2D eigenvalue weighted by Crippen LogP contribution is -2.55. The van der Waals surface area contributed by atoms with Gasteiger partial charge >= 0.3 is 6.18 Å². The van der Waals surface area contributed by atoms with Crippen LogP contribution >= 0.6 is 11.3 Å². The molecule has 4 rings (SSSR count). The van der Waals surface area contributed by atoms with Crippen molar-refractivity contribution in [1.29, 1.82) is 0 Å². The summed E-state index contributed by atoms with van der Waals surface area (Å²) in [7, 11) is 0. The number of rotatable bonds is 3. The summed E-state index contributed by atoms with van der Waals surface area (Å²) in [5.74, 6) is 0.0244. The summed E-state index contributed by atoms with van der Waals surface area (Å²) in [6.07, 6.45) is -0.651. The Morgan fingerprint density at radius 1 is 1.33 bits per heavy atom. The molecule has 0 spiro atoms. The summed E-state index contributed by atoms with van der Waals surface area (Å²) < 4.78 is 40.1. The van der Waals surface area contributed by atoms with Crippen molar-refractivity contribution in [2.45, 2.75) is 76.3 Å². The topological polar surface area (TPSA) is 45.2 Å². The Morgan fingerprint density at radius 3 is 2.83 bits per heavy atom. The van der Waals surface area contributed by atoms with E-state index in [0.717, 1.165) is 36.0 Å². The molecule has 30 heavy (non-hydrogen) atoms. The van der Waals surface area contributed by atoms with Gasteiger partial charge in [-0.3, -0.25) is 9.69 Å². The molecule has 2 aliphatic rings. The summed E-state index contributed by atoms with van der Waals surface area (Å²) in [4.78, 5) is 19.2. The van der Waals surface area contributed by atoms with E-state index in [4.69, 9.17) is 0 Å². The minimum atomic E-state index is -4.38. The summed E-state index contributed by atoms with van der Waals surface area (Å²) >= 11 is 1.57. The van der Waals surface area contributed by atoms with Gasteiger partial charge in [0.05, 0.1) is 21.8 Å². The molecule has 3 heterocycles. The highest BCUT2D eigenvalue weighted by molar-refractivity contribution is 7.09. The molecule has 4 nitrogen and oxygen atoms in total. The molecule has 8 heteroatoms. The predicted octanol–water partition coefficient (Wildman–Crippen LogP) is 5.23. The standard InChI is InChI=1S/C22H26F3N3OS/c1-14-26-17(13-30-14)12-28-18(15-6-5-7-16(10-15)22(23,24)25)11-21(2)19(28)8-3-4-9-20(29)27-21/h5-7,10,13,18-19H,3-4,8-9,11-12H2,1-2H3,(H,27,29)/t18-,19-,21-/m0/s1. The first-order valence-corrected chi connectivity index (χ1v) is 11.2. The molecule has 1 N–H and O–H groups in total. The van der Waals surface area contributed by atoms with Gasteiger partial charge in [-0.1, -0.05) is 18.6 Å². The first-order chi connectivity index (χ1) is 14.2. The van der Waals surface area contributed by atoms with Crippen molar-refractivity contribution in [2.24, 2.45) is 0 Å². The molecule has 0 radical (unpaired) electrons. The third-order valence-corrected chi connectivity index (χ3v) is 7.14. The number of thiazole rings is 1. The van der Waals surface area contributed by atoms with Crippen LogP contribution in [0.3, 0.4) is 0 Å². The van der Waals surface area contributed by atoms with Gasteiger partial charge in [-0.25, -0.2) is 4.98 Å². The van der Waals surface area contributed by atoms with Crippen LogP contribution in [0.5, 0.6) is 0 Å². The second kappa shape index (κ2) is 7.96. The number of likely N-dealkylation sites (tertiary alicyclic amines) is 1. The lowest BCUT2D eigenvalue weighted by atomic mass is 9.85. The third-order valence-electron chi connectivity index (χ3n) is 6.32. The summed E-state index contributed by atoms with van der Waals surface area (Å²) in [5, 5.41) is 6.18. The molecule has 0 bridgehead atoms. The van der Waals surface area contributed by atoms with E-state index in [1.165, 1.54) is 12.1 Å². The van der Waals surface area contributed by atoms with E-state index < -0.39 is 17.3 Å². The number of carbonyl (C=O) groups excluding carboxylic acids is 1. The highest BCUT2D eigenvalue weighted by Crippen LogP contribution is 2.46. The lowest BCUT2D eigenvalue weighted by Gasteiger charge is -2.38. The second-order valence-electron chi connectivity index (χ2n) is 8.60. The molecule has 1 aromatic heterocycles.